The summed E-state index contributed by atoms with van der Waals surface area (Å²) in [5.41, 5.74) is 0. The summed E-state index contributed by atoms with van der Waals surface area (Å²) in [5.74, 6) is -0.681. The molecular formula is C12H18N2O3S. The number of amides is 1. The molecule has 1 unspecified atom stereocenters. The topological polar surface area (TPSA) is 67.4 Å². The van der Waals surface area contributed by atoms with Crippen LogP contribution in [0.25, 0.3) is 0 Å². The third kappa shape index (κ3) is 5.29. The highest BCUT2D eigenvalue weighted by Gasteiger charge is 2.19. The van der Waals surface area contributed by atoms with Gasteiger partial charge in [0.05, 0.1) is 7.11 Å². The Morgan fingerprint density at radius 2 is 2.28 bits per heavy atom. The largest absolute Gasteiger partial charge is 0.467 e. The summed E-state index contributed by atoms with van der Waals surface area (Å²) in [4.78, 5) is 23.6. The number of hydrogen-bond donors (Lipinski definition) is 2. The van der Waals surface area contributed by atoms with E-state index >= 15 is 0 Å². The number of thiophene rings is 1. The van der Waals surface area contributed by atoms with Crippen molar-refractivity contribution < 1.29 is 14.3 Å². The van der Waals surface area contributed by atoms with E-state index in [1.54, 1.807) is 11.3 Å². The first-order valence-electron chi connectivity index (χ1n) is 5.71. The zero-order valence-corrected chi connectivity index (χ0v) is 11.4. The van der Waals surface area contributed by atoms with Gasteiger partial charge in [-0.15, -0.1) is 11.3 Å². The van der Waals surface area contributed by atoms with Crippen LogP contribution in [0.4, 0.5) is 0 Å². The highest BCUT2D eigenvalue weighted by Crippen LogP contribution is 2.07. The molecule has 100 valence electrons. The number of esters is 1. The summed E-state index contributed by atoms with van der Waals surface area (Å²) in [7, 11) is 1.31. The Morgan fingerprint density at radius 1 is 1.50 bits per heavy atom. The molecule has 5 nitrogen and oxygen atoms in total. The van der Waals surface area contributed by atoms with Gasteiger partial charge in [-0.25, -0.2) is 4.79 Å². The number of ether oxygens (including phenoxy) is 1. The van der Waals surface area contributed by atoms with Gasteiger partial charge >= 0.3 is 5.97 Å². The Morgan fingerprint density at radius 3 is 2.83 bits per heavy atom. The van der Waals surface area contributed by atoms with E-state index in [2.05, 4.69) is 21.4 Å². The zero-order valence-electron chi connectivity index (χ0n) is 10.6. The molecule has 0 radical (unpaired) electrons. The first kappa shape index (κ1) is 14.7. The van der Waals surface area contributed by atoms with Crippen molar-refractivity contribution in [2.75, 3.05) is 20.2 Å². The maximum atomic E-state index is 11.4. The number of hydrogen-bond acceptors (Lipinski definition) is 5. The summed E-state index contributed by atoms with van der Waals surface area (Å²) in [6.45, 7) is 2.51. The number of carbonyl (C=O) groups excluding carboxylic acids is 2. The van der Waals surface area contributed by atoms with E-state index in [0.29, 0.717) is 6.54 Å². The van der Waals surface area contributed by atoms with E-state index in [0.717, 1.165) is 13.0 Å². The van der Waals surface area contributed by atoms with Crippen molar-refractivity contribution >= 4 is 23.2 Å². The molecule has 1 aromatic rings. The van der Waals surface area contributed by atoms with Crippen molar-refractivity contribution in [2.24, 2.45) is 0 Å². The fraction of sp³-hybridized carbons (Fsp3) is 0.500. The highest BCUT2D eigenvalue weighted by atomic mass is 32.1. The molecule has 18 heavy (non-hydrogen) atoms. The lowest BCUT2D eigenvalue weighted by molar-refractivity contribution is -0.144. The van der Waals surface area contributed by atoms with E-state index in [-0.39, 0.29) is 5.91 Å². The second-order valence-corrected chi connectivity index (χ2v) is 4.84. The molecule has 2 N–H and O–H groups in total. The van der Waals surface area contributed by atoms with Crippen molar-refractivity contribution in [2.45, 2.75) is 19.4 Å². The molecule has 1 heterocycles. The van der Waals surface area contributed by atoms with Gasteiger partial charge in [0, 0.05) is 24.9 Å². The fourth-order valence-electron chi connectivity index (χ4n) is 1.49. The molecule has 0 saturated heterocycles. The molecule has 0 aliphatic rings. The van der Waals surface area contributed by atoms with Gasteiger partial charge in [0.25, 0.3) is 0 Å². The second-order valence-electron chi connectivity index (χ2n) is 3.81. The minimum atomic E-state index is -0.629. The zero-order chi connectivity index (χ0) is 13.4. The summed E-state index contributed by atoms with van der Waals surface area (Å²) in [5, 5.41) is 7.72. The SMILES string of the molecule is COC(=O)C(CNCCc1cccs1)NC(C)=O. The molecule has 1 aromatic heterocycles. The molecule has 0 aromatic carbocycles. The van der Waals surface area contributed by atoms with Crippen molar-refractivity contribution in [3.05, 3.63) is 22.4 Å². The molecule has 1 atom stereocenters. The predicted molar refractivity (Wildman–Crippen MR) is 70.5 cm³/mol. The molecule has 0 aliphatic heterocycles. The fourth-order valence-corrected chi connectivity index (χ4v) is 2.20. The van der Waals surface area contributed by atoms with Gasteiger partial charge in [-0.1, -0.05) is 6.07 Å². The second kappa shape index (κ2) is 7.84. The molecule has 1 amide bonds. The quantitative estimate of drug-likeness (QED) is 0.561. The van der Waals surface area contributed by atoms with Gasteiger partial charge in [0.2, 0.25) is 5.91 Å². The van der Waals surface area contributed by atoms with E-state index in [1.165, 1.54) is 18.9 Å². The molecule has 0 saturated carbocycles. The van der Waals surface area contributed by atoms with Crippen molar-refractivity contribution in [1.29, 1.82) is 0 Å². The van der Waals surface area contributed by atoms with Crippen LogP contribution in [0.1, 0.15) is 11.8 Å². The summed E-state index contributed by atoms with van der Waals surface area (Å²) in [6.07, 6.45) is 0.908. The monoisotopic (exact) mass is 270 g/mol. The number of carbonyl (C=O) groups is 2. The lowest BCUT2D eigenvalue weighted by atomic mass is 10.2. The average molecular weight is 270 g/mol. The van der Waals surface area contributed by atoms with Gasteiger partial charge in [-0.3, -0.25) is 4.79 Å². The van der Waals surface area contributed by atoms with Crippen molar-refractivity contribution in [1.82, 2.24) is 10.6 Å². The van der Waals surface area contributed by atoms with Crippen molar-refractivity contribution in [3.8, 4) is 0 Å². The number of nitrogens with one attached hydrogen (secondary N) is 2. The summed E-state index contributed by atoms with van der Waals surface area (Å²) in [6, 6.07) is 3.45. The Bertz CT molecular complexity index is 379. The standard InChI is InChI=1S/C12H18N2O3S/c1-9(15)14-11(12(16)17-2)8-13-6-5-10-4-3-7-18-10/h3-4,7,11,13H,5-6,8H2,1-2H3,(H,14,15). The third-order valence-electron chi connectivity index (χ3n) is 2.34. The Hall–Kier alpha value is -1.40. The molecule has 0 spiro atoms. The third-order valence-corrected chi connectivity index (χ3v) is 3.28. The van der Waals surface area contributed by atoms with Crippen LogP contribution in [0.5, 0.6) is 0 Å². The first-order valence-corrected chi connectivity index (χ1v) is 6.59. The Kier molecular flexibility index (Phi) is 6.38. The summed E-state index contributed by atoms with van der Waals surface area (Å²) < 4.78 is 4.62. The molecule has 0 fully saturated rings. The van der Waals surface area contributed by atoms with Gasteiger partial charge in [0.15, 0.2) is 0 Å². The smallest absolute Gasteiger partial charge is 0.329 e. The highest BCUT2D eigenvalue weighted by molar-refractivity contribution is 7.09. The van der Waals surface area contributed by atoms with Gasteiger partial charge < -0.3 is 15.4 Å². The van der Waals surface area contributed by atoms with E-state index in [9.17, 15) is 9.59 Å². The molecule has 1 rings (SSSR count). The average Bonchev–Trinajstić information content (AvgIpc) is 2.84. The van der Waals surface area contributed by atoms with Crippen LogP contribution in [-0.4, -0.2) is 38.1 Å². The van der Waals surface area contributed by atoms with E-state index < -0.39 is 12.0 Å². The molecule has 0 aliphatic carbocycles. The summed E-state index contributed by atoms with van der Waals surface area (Å²) >= 11 is 1.70. The Balaban J connectivity index is 2.28. The maximum absolute atomic E-state index is 11.4. The van der Waals surface area contributed by atoms with Gasteiger partial charge in [-0.2, -0.15) is 0 Å². The normalized spacial score (nSPS) is 11.9. The molecular weight excluding hydrogens is 252 g/mol. The van der Waals surface area contributed by atoms with Crippen LogP contribution < -0.4 is 10.6 Å². The minimum absolute atomic E-state index is 0.245. The van der Waals surface area contributed by atoms with E-state index in [1.807, 2.05) is 11.4 Å². The van der Waals surface area contributed by atoms with Gasteiger partial charge in [0.1, 0.15) is 6.04 Å². The number of rotatable bonds is 7. The lowest BCUT2D eigenvalue weighted by Gasteiger charge is -2.15. The van der Waals surface area contributed by atoms with Crippen LogP contribution >= 0.6 is 11.3 Å². The van der Waals surface area contributed by atoms with Crippen LogP contribution in [-0.2, 0) is 20.7 Å². The minimum Gasteiger partial charge on any atom is -0.467 e. The first-order chi connectivity index (χ1) is 8.63. The van der Waals surface area contributed by atoms with Crippen LogP contribution in [0.2, 0.25) is 0 Å². The van der Waals surface area contributed by atoms with Gasteiger partial charge in [-0.05, 0) is 17.9 Å². The van der Waals surface area contributed by atoms with Crippen molar-refractivity contribution in [3.63, 3.8) is 0 Å². The maximum Gasteiger partial charge on any atom is 0.329 e. The lowest BCUT2D eigenvalue weighted by Crippen LogP contribution is -2.47. The Labute approximate surface area is 111 Å². The van der Waals surface area contributed by atoms with Crippen LogP contribution in [0.15, 0.2) is 17.5 Å². The van der Waals surface area contributed by atoms with Crippen LogP contribution in [0, 0.1) is 0 Å². The molecule has 0 bridgehead atoms. The van der Waals surface area contributed by atoms with Crippen LogP contribution in [0.3, 0.4) is 0 Å². The predicted octanol–water partition coefficient (Wildman–Crippen LogP) is 0.558. The number of methoxy groups -OCH3 is 1. The molecule has 6 heteroatoms. The van der Waals surface area contributed by atoms with E-state index in [4.69, 9.17) is 0 Å².